The van der Waals surface area contributed by atoms with Gasteiger partial charge in [0.1, 0.15) is 0 Å². The van der Waals surface area contributed by atoms with E-state index in [-0.39, 0.29) is 0 Å². The summed E-state index contributed by atoms with van der Waals surface area (Å²) < 4.78 is 31.0. The van der Waals surface area contributed by atoms with Crippen molar-refractivity contribution in [3.8, 4) is 0 Å². The molecular formula is C18H41NO4S. The van der Waals surface area contributed by atoms with Gasteiger partial charge in [-0.15, -0.1) is 0 Å². The van der Waals surface area contributed by atoms with Gasteiger partial charge >= 0.3 is 0 Å². The Bertz CT molecular complexity index is 305. The Morgan fingerprint density at radius 3 is 1.29 bits per heavy atom. The maximum Gasteiger partial charge on any atom is 0.217 e. The van der Waals surface area contributed by atoms with E-state index in [2.05, 4.69) is 23.5 Å². The quantitative estimate of drug-likeness (QED) is 0.256. The first-order chi connectivity index (χ1) is 11.5. The minimum absolute atomic E-state index is 0.808. The van der Waals surface area contributed by atoms with E-state index in [9.17, 15) is 13.0 Å². The predicted octanol–water partition coefficient (Wildman–Crippen LogP) is 3.75. The molecule has 0 radical (unpaired) electrons. The van der Waals surface area contributed by atoms with E-state index in [1.54, 1.807) is 0 Å². The Labute approximate surface area is 150 Å². The van der Waals surface area contributed by atoms with Crippen LogP contribution in [0.1, 0.15) is 96.8 Å². The summed E-state index contributed by atoms with van der Waals surface area (Å²) in [6.45, 7) is 3.61. The van der Waals surface area contributed by atoms with Crippen LogP contribution in [0.25, 0.3) is 0 Å². The van der Waals surface area contributed by atoms with Crippen molar-refractivity contribution in [2.45, 2.75) is 96.8 Å². The van der Waals surface area contributed by atoms with E-state index in [4.69, 9.17) is 0 Å². The average Bonchev–Trinajstić information content (AvgIpc) is 2.55. The number of hydrogen-bond acceptors (Lipinski definition) is 4. The lowest BCUT2D eigenvalue weighted by Gasteiger charge is -2.02. The molecule has 0 spiro atoms. The molecule has 0 aliphatic carbocycles. The summed E-state index contributed by atoms with van der Waals surface area (Å²) >= 11 is 0. The van der Waals surface area contributed by atoms with Crippen molar-refractivity contribution in [1.82, 2.24) is 0 Å². The number of hydrogen-bond donors (Lipinski definition) is 1. The Hall–Kier alpha value is -0.170. The van der Waals surface area contributed by atoms with Gasteiger partial charge in [-0.2, -0.15) is 0 Å². The fourth-order valence-electron chi connectivity index (χ4n) is 2.54. The summed E-state index contributed by atoms with van der Waals surface area (Å²) in [5.74, 6) is 0. The fraction of sp³-hybridized carbons (Fsp3) is 1.00. The van der Waals surface area contributed by atoms with Crippen molar-refractivity contribution in [3.05, 3.63) is 0 Å². The molecule has 0 fully saturated rings. The highest BCUT2D eigenvalue weighted by Gasteiger charge is 1.94. The van der Waals surface area contributed by atoms with Crippen molar-refractivity contribution < 1.29 is 22.5 Å². The number of unbranched alkanes of at least 4 members (excludes halogenated alkanes) is 13. The van der Waals surface area contributed by atoms with Crippen molar-refractivity contribution in [3.63, 3.8) is 0 Å². The molecule has 0 atom stereocenters. The van der Waals surface area contributed by atoms with Gasteiger partial charge in [-0.05, 0) is 12.8 Å². The van der Waals surface area contributed by atoms with Gasteiger partial charge in [0, 0.05) is 0 Å². The number of quaternary nitrogens is 1. The van der Waals surface area contributed by atoms with Crippen molar-refractivity contribution >= 4 is 10.4 Å². The van der Waals surface area contributed by atoms with Crippen LogP contribution in [0.4, 0.5) is 0 Å². The molecule has 0 aromatic heterocycles. The lowest BCUT2D eigenvalue weighted by atomic mass is 10.0. The third kappa shape index (κ3) is 29.8. The van der Waals surface area contributed by atoms with Crippen molar-refractivity contribution in [1.29, 1.82) is 0 Å². The molecule has 0 aromatic rings. The highest BCUT2D eigenvalue weighted by atomic mass is 32.3. The Morgan fingerprint density at radius 2 is 1.04 bits per heavy atom. The van der Waals surface area contributed by atoms with Crippen LogP contribution < -0.4 is 5.32 Å². The maximum absolute atomic E-state index is 9.22. The SMILES string of the molecule is CCCCCCCCCCCCCCCC[NH2+]C.COS(=O)(=O)[O-]. The second-order valence-electron chi connectivity index (χ2n) is 6.37. The van der Waals surface area contributed by atoms with Gasteiger partial charge < -0.3 is 9.87 Å². The maximum atomic E-state index is 9.22. The highest BCUT2D eigenvalue weighted by molar-refractivity contribution is 7.80. The molecule has 0 unspecified atom stereocenters. The molecule has 0 heterocycles. The van der Waals surface area contributed by atoms with Gasteiger partial charge in [0.15, 0.2) is 0 Å². The van der Waals surface area contributed by atoms with Crippen LogP contribution in [-0.2, 0) is 14.6 Å². The molecular weight excluding hydrogens is 326 g/mol. The molecule has 6 heteroatoms. The van der Waals surface area contributed by atoms with Crippen LogP contribution >= 0.6 is 0 Å². The molecule has 0 saturated heterocycles. The van der Waals surface area contributed by atoms with Crippen LogP contribution in [0.2, 0.25) is 0 Å². The summed E-state index contributed by atoms with van der Waals surface area (Å²) in [7, 11) is -1.44. The van der Waals surface area contributed by atoms with Crippen LogP contribution in [0.15, 0.2) is 0 Å². The van der Waals surface area contributed by atoms with Gasteiger partial charge in [0.25, 0.3) is 0 Å². The highest BCUT2D eigenvalue weighted by Crippen LogP contribution is 2.12. The zero-order valence-electron chi connectivity index (χ0n) is 16.2. The van der Waals surface area contributed by atoms with E-state index in [1.165, 1.54) is 96.4 Å². The second-order valence-corrected chi connectivity index (χ2v) is 7.52. The molecule has 2 N–H and O–H groups in total. The Balaban J connectivity index is 0. The number of rotatable bonds is 16. The van der Waals surface area contributed by atoms with Crippen LogP contribution in [-0.4, -0.2) is 33.7 Å². The van der Waals surface area contributed by atoms with E-state index in [0.717, 1.165) is 7.11 Å². The largest absolute Gasteiger partial charge is 0.726 e. The van der Waals surface area contributed by atoms with Crippen LogP contribution in [0.3, 0.4) is 0 Å². The second kappa shape index (κ2) is 20.9. The summed E-state index contributed by atoms with van der Waals surface area (Å²) in [5, 5.41) is 2.29. The topological polar surface area (TPSA) is 83.0 Å². The van der Waals surface area contributed by atoms with Gasteiger partial charge in [-0.1, -0.05) is 84.0 Å². The minimum atomic E-state index is -4.41. The summed E-state index contributed by atoms with van der Waals surface area (Å²) in [6.07, 6.45) is 20.4. The van der Waals surface area contributed by atoms with E-state index < -0.39 is 10.4 Å². The van der Waals surface area contributed by atoms with Gasteiger partial charge in [-0.25, -0.2) is 8.42 Å². The Morgan fingerprint density at radius 1 is 0.750 bits per heavy atom. The summed E-state index contributed by atoms with van der Waals surface area (Å²) in [4.78, 5) is 0. The van der Waals surface area contributed by atoms with Crippen molar-refractivity contribution in [2.24, 2.45) is 0 Å². The molecule has 0 aliphatic heterocycles. The minimum Gasteiger partial charge on any atom is -0.726 e. The van der Waals surface area contributed by atoms with Gasteiger partial charge in [0.2, 0.25) is 10.4 Å². The Kier molecular flexibility index (Phi) is 22.7. The molecule has 0 aliphatic rings. The lowest BCUT2D eigenvalue weighted by molar-refractivity contribution is -0.627. The van der Waals surface area contributed by atoms with Crippen LogP contribution in [0.5, 0.6) is 0 Å². The zero-order valence-corrected chi connectivity index (χ0v) is 17.0. The van der Waals surface area contributed by atoms with E-state index >= 15 is 0 Å². The standard InChI is InChI=1S/C17H37N.CH4O4S/c1-3-4-5-6-7-8-9-10-11-12-13-14-15-16-17-18-2;1-5-6(2,3)4/h18H,3-17H2,1-2H3;1H3,(H,2,3,4). The first-order valence-corrected chi connectivity index (χ1v) is 11.1. The molecule has 0 bridgehead atoms. The van der Waals surface area contributed by atoms with Gasteiger partial charge in [-0.3, -0.25) is 4.18 Å². The zero-order chi connectivity index (χ0) is 18.5. The van der Waals surface area contributed by atoms with Crippen molar-refractivity contribution in [2.75, 3.05) is 20.7 Å². The molecule has 0 rings (SSSR count). The fourth-order valence-corrected chi connectivity index (χ4v) is 2.54. The lowest BCUT2D eigenvalue weighted by Crippen LogP contribution is -2.79. The average molecular weight is 368 g/mol. The van der Waals surface area contributed by atoms with E-state index in [0.29, 0.717) is 0 Å². The van der Waals surface area contributed by atoms with Crippen LogP contribution in [0, 0.1) is 0 Å². The first-order valence-electron chi connectivity index (χ1n) is 9.77. The third-order valence-corrected chi connectivity index (χ3v) is 4.46. The summed E-state index contributed by atoms with van der Waals surface area (Å²) in [5.41, 5.74) is 0. The predicted molar refractivity (Wildman–Crippen MR) is 99.7 cm³/mol. The normalized spacial score (nSPS) is 11.2. The number of nitrogens with two attached hydrogens (primary N) is 1. The summed E-state index contributed by atoms with van der Waals surface area (Å²) in [6, 6.07) is 0. The van der Waals surface area contributed by atoms with E-state index in [1.807, 2.05) is 0 Å². The smallest absolute Gasteiger partial charge is 0.217 e. The molecule has 0 saturated carbocycles. The first kappa shape index (κ1) is 26.1. The monoisotopic (exact) mass is 367 g/mol. The molecule has 0 aromatic carbocycles. The molecule has 148 valence electrons. The molecule has 24 heavy (non-hydrogen) atoms. The third-order valence-electron chi connectivity index (χ3n) is 4.05. The molecule has 5 nitrogen and oxygen atoms in total. The molecule has 0 amide bonds. The van der Waals surface area contributed by atoms with Gasteiger partial charge in [0.05, 0.1) is 20.7 Å².